The van der Waals surface area contributed by atoms with Gasteiger partial charge in [0.25, 0.3) is 0 Å². The van der Waals surface area contributed by atoms with Crippen molar-refractivity contribution < 1.29 is 4.10 Å². The van der Waals surface area contributed by atoms with Gasteiger partial charge in [-0.2, -0.15) is 0 Å². The van der Waals surface area contributed by atoms with E-state index in [1.807, 2.05) is 0 Å². The Kier molecular flexibility index (Phi) is 5.71. The Bertz CT molecular complexity index is 22.8. The van der Waals surface area contributed by atoms with Crippen molar-refractivity contribution in [3.8, 4) is 0 Å². The zero-order chi connectivity index (χ0) is 4.83. The largest absolute Gasteiger partial charge is 0.390 e. The van der Waals surface area contributed by atoms with Gasteiger partial charge in [-0.3, -0.25) is 0 Å². The first-order chi connectivity index (χ1) is 2.91. The van der Waals surface area contributed by atoms with Crippen molar-refractivity contribution in [3.63, 3.8) is 0 Å². The molecule has 0 aliphatic heterocycles. The van der Waals surface area contributed by atoms with Crippen molar-refractivity contribution in [1.82, 2.24) is 0 Å². The Balaban J connectivity index is 2.34. The highest BCUT2D eigenvalue weighted by Gasteiger charge is 1.75. The summed E-state index contributed by atoms with van der Waals surface area (Å²) >= 11 is 1.29. The first-order valence-electron chi connectivity index (χ1n) is 1.90. The lowest BCUT2D eigenvalue weighted by molar-refractivity contribution is 0.721. The van der Waals surface area contributed by atoms with Crippen LogP contribution in [-0.4, -0.2) is 13.8 Å². The Morgan fingerprint density at radius 1 is 1.83 bits per heavy atom. The van der Waals surface area contributed by atoms with Gasteiger partial charge in [0, 0.05) is 5.75 Å². The molecule has 1 nitrogen and oxygen atoms in total. The highest BCUT2D eigenvalue weighted by molar-refractivity contribution is 7.95. The molecule has 0 N–H and O–H groups in total. The lowest BCUT2D eigenvalue weighted by atomic mass is 10.6. The van der Waals surface area contributed by atoms with Crippen LogP contribution in [0.5, 0.6) is 0 Å². The Hall–Kier alpha value is 0.375. The van der Waals surface area contributed by atoms with Crippen molar-refractivity contribution in [1.29, 1.82) is 0 Å². The number of rotatable bonds is 3. The molecule has 3 heteroatoms. The van der Waals surface area contributed by atoms with E-state index in [1.54, 1.807) is 0 Å². The van der Waals surface area contributed by atoms with E-state index in [2.05, 4.69) is 19.1 Å². The van der Waals surface area contributed by atoms with Crippen LogP contribution in [0.15, 0.2) is 0 Å². The zero-order valence-electron chi connectivity index (χ0n) is 3.81. The molecular weight excluding hydrogens is 94.9 g/mol. The maximum Gasteiger partial charge on any atom is 0.305 e. The van der Waals surface area contributed by atoms with Crippen LogP contribution in [-0.2, 0) is 4.10 Å². The van der Waals surface area contributed by atoms with Gasteiger partial charge in [-0.15, -0.1) is 0 Å². The molecule has 0 aliphatic carbocycles. The normalized spacial score (nSPS) is 8.83. The minimum absolute atomic E-state index is 0.983. The summed E-state index contributed by atoms with van der Waals surface area (Å²) in [5.41, 5.74) is 0. The van der Waals surface area contributed by atoms with Gasteiger partial charge in [-0.1, -0.05) is 6.92 Å². The molecule has 0 rings (SSSR count). The maximum absolute atomic E-state index is 4.68. The minimum Gasteiger partial charge on any atom is -0.390 e. The fraction of sp³-hybridized carbons (Fsp3) is 1.00. The SMILES string of the molecule is [B]OSCCC. The summed E-state index contributed by atoms with van der Waals surface area (Å²) in [4.78, 5) is 0. The summed E-state index contributed by atoms with van der Waals surface area (Å²) in [6, 6.07) is 0. The molecule has 0 spiro atoms. The van der Waals surface area contributed by atoms with Gasteiger partial charge in [-0.05, 0) is 18.5 Å². The summed E-state index contributed by atoms with van der Waals surface area (Å²) < 4.78 is 4.20. The van der Waals surface area contributed by atoms with Crippen LogP contribution in [0.25, 0.3) is 0 Å². The van der Waals surface area contributed by atoms with Crippen LogP contribution >= 0.6 is 12.0 Å². The van der Waals surface area contributed by atoms with E-state index in [0.29, 0.717) is 0 Å². The zero-order valence-corrected chi connectivity index (χ0v) is 4.62. The smallest absolute Gasteiger partial charge is 0.305 e. The van der Waals surface area contributed by atoms with Crippen molar-refractivity contribution in [2.45, 2.75) is 13.3 Å². The minimum atomic E-state index is 0.983. The first kappa shape index (κ1) is 6.37. The van der Waals surface area contributed by atoms with Crippen LogP contribution in [0.2, 0.25) is 0 Å². The third kappa shape index (κ3) is 4.37. The van der Waals surface area contributed by atoms with E-state index in [4.69, 9.17) is 0 Å². The second kappa shape index (κ2) is 5.37. The van der Waals surface area contributed by atoms with Gasteiger partial charge in [0.15, 0.2) is 0 Å². The molecule has 34 valence electrons. The molecule has 0 saturated heterocycles. The van der Waals surface area contributed by atoms with Crippen molar-refractivity contribution in [2.24, 2.45) is 0 Å². The molecule has 6 heavy (non-hydrogen) atoms. The van der Waals surface area contributed by atoms with E-state index < -0.39 is 0 Å². The van der Waals surface area contributed by atoms with Crippen LogP contribution in [0, 0.1) is 0 Å². The van der Waals surface area contributed by atoms with Gasteiger partial charge in [0.05, 0.1) is 0 Å². The molecule has 0 aromatic carbocycles. The molecule has 0 aliphatic rings. The summed E-state index contributed by atoms with van der Waals surface area (Å²) in [7, 11) is 4.68. The first-order valence-corrected chi connectivity index (χ1v) is 2.81. The molecule has 0 amide bonds. The Morgan fingerprint density at radius 3 is 2.67 bits per heavy atom. The average molecular weight is 102 g/mol. The van der Waals surface area contributed by atoms with E-state index in [-0.39, 0.29) is 0 Å². The summed E-state index contributed by atoms with van der Waals surface area (Å²) in [5, 5.41) is 0. The average Bonchev–Trinajstić information content (AvgIpc) is 1.61. The highest BCUT2D eigenvalue weighted by Crippen LogP contribution is 1.98. The molecule has 0 aromatic heterocycles. The molecule has 0 unspecified atom stereocenters. The molecule has 0 heterocycles. The number of hydrogen-bond donors (Lipinski definition) is 0. The Labute approximate surface area is 44.1 Å². The molecule has 0 atom stereocenters. The third-order valence-electron chi connectivity index (χ3n) is 0.355. The van der Waals surface area contributed by atoms with Gasteiger partial charge < -0.3 is 4.10 Å². The third-order valence-corrected chi connectivity index (χ3v) is 1.07. The molecular formula is C3H7BOS. The van der Waals surface area contributed by atoms with Gasteiger partial charge in [-0.25, -0.2) is 0 Å². The topological polar surface area (TPSA) is 9.23 Å². The standard InChI is InChI=1S/C3H7BOS/c1-2-3-6-5-4/h2-3H2,1H3. The van der Waals surface area contributed by atoms with Crippen LogP contribution < -0.4 is 0 Å². The van der Waals surface area contributed by atoms with Crippen LogP contribution in [0.3, 0.4) is 0 Å². The van der Waals surface area contributed by atoms with Gasteiger partial charge in [0.2, 0.25) is 0 Å². The highest BCUT2D eigenvalue weighted by atomic mass is 32.2. The van der Waals surface area contributed by atoms with Crippen LogP contribution in [0.4, 0.5) is 0 Å². The van der Waals surface area contributed by atoms with Gasteiger partial charge >= 0.3 is 8.05 Å². The van der Waals surface area contributed by atoms with Crippen molar-refractivity contribution >= 4 is 20.1 Å². The molecule has 0 bridgehead atoms. The van der Waals surface area contributed by atoms with Crippen LogP contribution in [0.1, 0.15) is 13.3 Å². The number of hydrogen-bond acceptors (Lipinski definition) is 2. The molecule has 2 radical (unpaired) electrons. The second-order valence-electron chi connectivity index (χ2n) is 0.918. The molecule has 0 fully saturated rings. The summed E-state index contributed by atoms with van der Waals surface area (Å²) in [6.07, 6.45) is 1.11. The van der Waals surface area contributed by atoms with E-state index >= 15 is 0 Å². The second-order valence-corrected chi connectivity index (χ2v) is 1.75. The predicted molar refractivity (Wildman–Crippen MR) is 29.6 cm³/mol. The lowest BCUT2D eigenvalue weighted by Gasteiger charge is -1.88. The van der Waals surface area contributed by atoms with E-state index in [1.165, 1.54) is 12.0 Å². The Morgan fingerprint density at radius 2 is 2.50 bits per heavy atom. The molecule has 0 aromatic rings. The quantitative estimate of drug-likeness (QED) is 0.300. The molecule has 0 saturated carbocycles. The van der Waals surface area contributed by atoms with E-state index in [0.717, 1.165) is 12.2 Å². The fourth-order valence-electron chi connectivity index (χ4n) is 0.131. The van der Waals surface area contributed by atoms with Crippen molar-refractivity contribution in [3.05, 3.63) is 0 Å². The summed E-state index contributed by atoms with van der Waals surface area (Å²) in [5.74, 6) is 0.983. The summed E-state index contributed by atoms with van der Waals surface area (Å²) in [6.45, 7) is 2.08. The van der Waals surface area contributed by atoms with E-state index in [9.17, 15) is 0 Å². The lowest BCUT2D eigenvalue weighted by Crippen LogP contribution is -1.73. The monoisotopic (exact) mass is 102 g/mol. The predicted octanol–water partition coefficient (Wildman–Crippen LogP) is 1.14. The van der Waals surface area contributed by atoms with Gasteiger partial charge in [0.1, 0.15) is 0 Å². The van der Waals surface area contributed by atoms with Crippen molar-refractivity contribution in [2.75, 3.05) is 5.75 Å². The maximum atomic E-state index is 4.68. The fourth-order valence-corrected chi connectivity index (χ4v) is 0.394.